The van der Waals surface area contributed by atoms with Crippen molar-refractivity contribution in [1.29, 1.82) is 0 Å². The monoisotopic (exact) mass is 223 g/mol. The molecule has 0 heterocycles. The van der Waals surface area contributed by atoms with Gasteiger partial charge < -0.3 is 16.4 Å². The number of anilines is 2. The predicted molar refractivity (Wildman–Crippen MR) is 65.9 cm³/mol. The molecule has 15 heavy (non-hydrogen) atoms. The van der Waals surface area contributed by atoms with E-state index >= 15 is 0 Å². The molecule has 0 saturated heterocycles. The van der Waals surface area contributed by atoms with E-state index in [9.17, 15) is 4.79 Å². The first-order valence-electron chi connectivity index (χ1n) is 4.43. The van der Waals surface area contributed by atoms with Gasteiger partial charge in [-0.25, -0.2) is 0 Å². The summed E-state index contributed by atoms with van der Waals surface area (Å²) >= 11 is 4.75. The van der Waals surface area contributed by atoms with Crippen LogP contribution in [0.5, 0.6) is 0 Å². The van der Waals surface area contributed by atoms with Crippen molar-refractivity contribution >= 4 is 34.6 Å². The van der Waals surface area contributed by atoms with Crippen molar-refractivity contribution in [2.24, 2.45) is 5.73 Å². The molecule has 0 fully saturated rings. The number of benzene rings is 1. The second-order valence-corrected chi connectivity index (χ2v) is 3.64. The average Bonchev–Trinajstić information content (AvgIpc) is 2.09. The van der Waals surface area contributed by atoms with Crippen LogP contribution in [0, 0.1) is 6.92 Å². The van der Waals surface area contributed by atoms with Gasteiger partial charge in [0.2, 0.25) is 5.91 Å². The summed E-state index contributed by atoms with van der Waals surface area (Å²) < 4.78 is 0. The van der Waals surface area contributed by atoms with E-state index in [2.05, 4.69) is 10.6 Å². The van der Waals surface area contributed by atoms with Gasteiger partial charge in [-0.15, -0.1) is 0 Å². The number of carbonyl (C=O) groups excluding carboxylic acids is 1. The second kappa shape index (κ2) is 4.75. The van der Waals surface area contributed by atoms with Crippen molar-refractivity contribution in [3.05, 3.63) is 23.8 Å². The highest BCUT2D eigenvalue weighted by atomic mass is 32.1. The summed E-state index contributed by atoms with van der Waals surface area (Å²) in [5.41, 5.74) is 7.90. The number of amides is 1. The van der Waals surface area contributed by atoms with Crippen LogP contribution in [0.15, 0.2) is 18.2 Å². The van der Waals surface area contributed by atoms with E-state index in [-0.39, 0.29) is 11.0 Å². The number of aryl methyl sites for hydroxylation is 1. The molecule has 0 saturated carbocycles. The zero-order chi connectivity index (χ0) is 11.4. The van der Waals surface area contributed by atoms with Gasteiger partial charge in [0.15, 0.2) is 5.11 Å². The van der Waals surface area contributed by atoms with E-state index in [0.717, 1.165) is 11.3 Å². The van der Waals surface area contributed by atoms with E-state index in [1.807, 2.05) is 19.1 Å². The van der Waals surface area contributed by atoms with Gasteiger partial charge in [-0.1, -0.05) is 6.07 Å². The first-order valence-corrected chi connectivity index (χ1v) is 4.84. The van der Waals surface area contributed by atoms with Gasteiger partial charge in [0.25, 0.3) is 0 Å². The van der Waals surface area contributed by atoms with E-state index in [1.165, 1.54) is 6.92 Å². The van der Waals surface area contributed by atoms with Crippen molar-refractivity contribution in [1.82, 2.24) is 0 Å². The Balaban J connectivity index is 2.94. The lowest BCUT2D eigenvalue weighted by Gasteiger charge is -2.10. The van der Waals surface area contributed by atoms with Crippen LogP contribution in [-0.4, -0.2) is 11.0 Å². The van der Waals surface area contributed by atoms with Crippen LogP contribution in [0.3, 0.4) is 0 Å². The van der Waals surface area contributed by atoms with Gasteiger partial charge in [-0.2, -0.15) is 0 Å². The van der Waals surface area contributed by atoms with E-state index in [0.29, 0.717) is 5.69 Å². The summed E-state index contributed by atoms with van der Waals surface area (Å²) in [5.74, 6) is -0.111. The summed E-state index contributed by atoms with van der Waals surface area (Å²) in [7, 11) is 0. The molecule has 0 radical (unpaired) electrons. The third-order valence-corrected chi connectivity index (χ3v) is 1.92. The average molecular weight is 223 g/mol. The van der Waals surface area contributed by atoms with Crippen LogP contribution in [0.1, 0.15) is 12.5 Å². The maximum absolute atomic E-state index is 10.8. The number of hydrogen-bond donors (Lipinski definition) is 3. The molecule has 0 aliphatic carbocycles. The molecule has 4 N–H and O–H groups in total. The summed E-state index contributed by atoms with van der Waals surface area (Å²) in [5, 5.41) is 5.73. The standard InChI is InChI=1S/C10H13N3OS/c1-6-3-4-8(12-7(2)14)5-9(6)13-10(11)15/h3-5H,1-2H3,(H,12,14)(H3,11,13,15). The summed E-state index contributed by atoms with van der Waals surface area (Å²) in [6.45, 7) is 3.39. The maximum atomic E-state index is 10.8. The van der Waals surface area contributed by atoms with Crippen LogP contribution in [-0.2, 0) is 4.79 Å². The highest BCUT2D eigenvalue weighted by Crippen LogP contribution is 2.19. The Morgan fingerprint density at radius 3 is 2.60 bits per heavy atom. The number of thiocarbonyl (C=S) groups is 1. The Kier molecular flexibility index (Phi) is 3.62. The third kappa shape index (κ3) is 3.55. The Bertz CT molecular complexity index is 404. The molecule has 1 aromatic rings. The summed E-state index contributed by atoms with van der Waals surface area (Å²) in [6, 6.07) is 5.49. The lowest BCUT2D eigenvalue weighted by atomic mass is 10.2. The topological polar surface area (TPSA) is 67.2 Å². The number of rotatable bonds is 2. The van der Waals surface area contributed by atoms with E-state index in [4.69, 9.17) is 18.0 Å². The molecule has 0 aliphatic heterocycles. The highest BCUT2D eigenvalue weighted by Gasteiger charge is 2.01. The first-order chi connectivity index (χ1) is 6.99. The lowest BCUT2D eigenvalue weighted by Crippen LogP contribution is -2.19. The Labute approximate surface area is 93.9 Å². The molecule has 4 nitrogen and oxygen atoms in total. The molecule has 5 heteroatoms. The normalized spacial score (nSPS) is 9.47. The largest absolute Gasteiger partial charge is 0.376 e. The van der Waals surface area contributed by atoms with Crippen LogP contribution in [0.2, 0.25) is 0 Å². The fraction of sp³-hybridized carbons (Fsp3) is 0.200. The van der Waals surface area contributed by atoms with Gasteiger partial charge >= 0.3 is 0 Å². The van der Waals surface area contributed by atoms with Gasteiger partial charge in [-0.05, 0) is 36.8 Å². The second-order valence-electron chi connectivity index (χ2n) is 3.20. The Hall–Kier alpha value is -1.62. The zero-order valence-corrected chi connectivity index (χ0v) is 9.44. The molecule has 0 spiro atoms. The van der Waals surface area contributed by atoms with Gasteiger partial charge in [0.05, 0.1) is 0 Å². The van der Waals surface area contributed by atoms with Crippen molar-refractivity contribution in [3.63, 3.8) is 0 Å². The van der Waals surface area contributed by atoms with Crippen LogP contribution >= 0.6 is 12.2 Å². The minimum absolute atomic E-state index is 0.111. The van der Waals surface area contributed by atoms with E-state index in [1.54, 1.807) is 6.07 Å². The Morgan fingerprint density at radius 2 is 2.07 bits per heavy atom. The fourth-order valence-corrected chi connectivity index (χ4v) is 1.28. The number of hydrogen-bond acceptors (Lipinski definition) is 2. The van der Waals surface area contributed by atoms with E-state index < -0.39 is 0 Å². The summed E-state index contributed by atoms with van der Waals surface area (Å²) in [6.07, 6.45) is 0. The lowest BCUT2D eigenvalue weighted by molar-refractivity contribution is -0.114. The minimum Gasteiger partial charge on any atom is -0.376 e. The van der Waals surface area contributed by atoms with Crippen LogP contribution in [0.25, 0.3) is 0 Å². The molecule has 0 aliphatic rings. The first kappa shape index (κ1) is 11.5. The summed E-state index contributed by atoms with van der Waals surface area (Å²) in [4.78, 5) is 10.8. The van der Waals surface area contributed by atoms with Crippen molar-refractivity contribution in [2.45, 2.75) is 13.8 Å². The zero-order valence-electron chi connectivity index (χ0n) is 8.63. The molecule has 1 rings (SSSR count). The molecule has 1 amide bonds. The molecule has 1 aromatic carbocycles. The molecule has 0 unspecified atom stereocenters. The molecule has 0 aromatic heterocycles. The Morgan fingerprint density at radius 1 is 1.40 bits per heavy atom. The van der Waals surface area contributed by atoms with Crippen LogP contribution < -0.4 is 16.4 Å². The third-order valence-electron chi connectivity index (χ3n) is 1.82. The highest BCUT2D eigenvalue weighted by molar-refractivity contribution is 7.80. The van der Waals surface area contributed by atoms with Crippen LogP contribution in [0.4, 0.5) is 11.4 Å². The molecule has 0 atom stereocenters. The minimum atomic E-state index is -0.111. The SMILES string of the molecule is CC(=O)Nc1ccc(C)c(NC(N)=S)c1. The molecular weight excluding hydrogens is 210 g/mol. The quantitative estimate of drug-likeness (QED) is 0.666. The fourth-order valence-electron chi connectivity index (χ4n) is 1.17. The number of nitrogens with one attached hydrogen (secondary N) is 2. The number of nitrogens with two attached hydrogens (primary N) is 1. The number of carbonyl (C=O) groups is 1. The van der Waals surface area contributed by atoms with Gasteiger partial charge in [0.1, 0.15) is 0 Å². The molecule has 0 bridgehead atoms. The van der Waals surface area contributed by atoms with Crippen molar-refractivity contribution in [3.8, 4) is 0 Å². The van der Waals surface area contributed by atoms with Gasteiger partial charge in [0, 0.05) is 18.3 Å². The van der Waals surface area contributed by atoms with Crippen molar-refractivity contribution < 1.29 is 4.79 Å². The smallest absolute Gasteiger partial charge is 0.221 e. The maximum Gasteiger partial charge on any atom is 0.221 e. The predicted octanol–water partition coefficient (Wildman–Crippen LogP) is 1.61. The molecular formula is C10H13N3OS. The molecule has 80 valence electrons. The van der Waals surface area contributed by atoms with Crippen molar-refractivity contribution in [2.75, 3.05) is 10.6 Å². The van der Waals surface area contributed by atoms with Gasteiger partial charge in [-0.3, -0.25) is 4.79 Å².